The van der Waals surface area contributed by atoms with Crippen molar-refractivity contribution in [3.63, 3.8) is 0 Å². The van der Waals surface area contributed by atoms with E-state index in [4.69, 9.17) is 0 Å². The van der Waals surface area contributed by atoms with Gasteiger partial charge < -0.3 is 20.2 Å². The molecule has 204 valence electrons. The first-order valence-corrected chi connectivity index (χ1v) is 12.0. The number of rotatable bonds is 7. The van der Waals surface area contributed by atoms with Gasteiger partial charge in [0.15, 0.2) is 0 Å². The fourth-order valence-electron chi connectivity index (χ4n) is 4.28. The first-order chi connectivity index (χ1) is 18.6. The van der Waals surface area contributed by atoms with Crippen LogP contribution in [0.5, 0.6) is 0 Å². The van der Waals surface area contributed by atoms with Crippen LogP contribution in [0.15, 0.2) is 72.8 Å². The number of alkyl halides is 3. The van der Waals surface area contributed by atoms with Gasteiger partial charge in [-0.25, -0.2) is 0 Å². The summed E-state index contributed by atoms with van der Waals surface area (Å²) in [6.07, 6.45) is -4.43. The van der Waals surface area contributed by atoms with Gasteiger partial charge >= 0.3 is 6.18 Å². The molecule has 0 unspecified atom stereocenters. The van der Waals surface area contributed by atoms with Gasteiger partial charge in [-0.15, -0.1) is 0 Å². The van der Waals surface area contributed by atoms with Gasteiger partial charge in [0.1, 0.15) is 6.04 Å². The lowest BCUT2D eigenvalue weighted by Crippen LogP contribution is -2.56. The molecule has 0 aromatic heterocycles. The van der Waals surface area contributed by atoms with Crippen LogP contribution in [0.1, 0.15) is 15.9 Å². The molecule has 12 heteroatoms. The van der Waals surface area contributed by atoms with Crippen LogP contribution < -0.4 is 10.2 Å². The summed E-state index contributed by atoms with van der Waals surface area (Å²) in [4.78, 5) is 39.6. The van der Waals surface area contributed by atoms with Gasteiger partial charge in [-0.2, -0.15) is 13.2 Å². The molecule has 1 fully saturated rings. The number of piperazine rings is 1. The van der Waals surface area contributed by atoms with Gasteiger partial charge in [0.2, 0.25) is 5.91 Å². The van der Waals surface area contributed by atoms with E-state index in [1.54, 1.807) is 24.3 Å². The molecule has 4 rings (SSSR count). The molecular formula is C27H25F3N4O5. The Kier molecular flexibility index (Phi) is 8.15. The minimum absolute atomic E-state index is 0.0108. The monoisotopic (exact) mass is 542 g/mol. The lowest BCUT2D eigenvalue weighted by Gasteiger charge is -2.37. The third-order valence-electron chi connectivity index (χ3n) is 6.50. The normalized spacial score (nSPS) is 14.6. The zero-order valence-electron chi connectivity index (χ0n) is 20.6. The largest absolute Gasteiger partial charge is 0.416 e. The highest BCUT2D eigenvalue weighted by molar-refractivity contribution is 5.98. The maximum absolute atomic E-state index is 13.0. The van der Waals surface area contributed by atoms with Crippen molar-refractivity contribution in [2.24, 2.45) is 0 Å². The van der Waals surface area contributed by atoms with Crippen molar-refractivity contribution >= 4 is 23.2 Å². The summed E-state index contributed by atoms with van der Waals surface area (Å²) < 4.78 is 38.4. The van der Waals surface area contributed by atoms with E-state index >= 15 is 0 Å². The predicted molar refractivity (Wildman–Crippen MR) is 137 cm³/mol. The average molecular weight is 543 g/mol. The van der Waals surface area contributed by atoms with Crippen molar-refractivity contribution in [2.45, 2.75) is 12.2 Å². The number of carbonyl (C=O) groups excluding carboxylic acids is 2. The zero-order valence-corrected chi connectivity index (χ0v) is 20.6. The standard InChI is InChI=1S/C27H25F3N4O5/c28-27(29,30)21-7-5-19(6-8-21)18-1-3-20(4-2-18)25(36)31-24(17-35)26(37)33-15-13-32(14-16-33)22-9-11-23(12-10-22)34(38)39/h1-12,24,35H,13-17H2,(H,31,36)/t24-/m0/s1. The summed E-state index contributed by atoms with van der Waals surface area (Å²) in [5, 5.41) is 23.2. The number of carbonyl (C=O) groups is 2. The van der Waals surface area contributed by atoms with E-state index in [0.717, 1.165) is 17.8 Å². The average Bonchev–Trinajstić information content (AvgIpc) is 2.95. The number of non-ortho nitro benzene ring substituents is 1. The predicted octanol–water partition coefficient (Wildman–Crippen LogP) is 3.72. The van der Waals surface area contributed by atoms with E-state index < -0.39 is 41.1 Å². The van der Waals surface area contributed by atoms with Gasteiger partial charge in [-0.1, -0.05) is 24.3 Å². The first-order valence-electron chi connectivity index (χ1n) is 12.0. The molecule has 2 N–H and O–H groups in total. The Morgan fingerprint density at radius 1 is 0.897 bits per heavy atom. The first kappa shape index (κ1) is 27.6. The van der Waals surface area contributed by atoms with Crippen molar-refractivity contribution in [3.05, 3.63) is 94.0 Å². The maximum atomic E-state index is 13.0. The number of hydrogen-bond donors (Lipinski definition) is 2. The van der Waals surface area contributed by atoms with E-state index in [9.17, 15) is 38.0 Å². The topological polar surface area (TPSA) is 116 Å². The number of aliphatic hydroxyl groups is 1. The van der Waals surface area contributed by atoms with Crippen molar-refractivity contribution in [2.75, 3.05) is 37.7 Å². The Morgan fingerprint density at radius 3 is 1.92 bits per heavy atom. The Labute approximate surface area is 221 Å². The summed E-state index contributed by atoms with van der Waals surface area (Å²) in [6, 6.07) is 15.8. The molecule has 1 heterocycles. The van der Waals surface area contributed by atoms with Crippen LogP contribution in [0.2, 0.25) is 0 Å². The van der Waals surface area contributed by atoms with E-state index in [2.05, 4.69) is 5.32 Å². The van der Waals surface area contributed by atoms with Gasteiger partial charge in [-0.3, -0.25) is 19.7 Å². The SMILES string of the molecule is O=C(N[C@@H](CO)C(=O)N1CCN(c2ccc([N+](=O)[O-])cc2)CC1)c1ccc(-c2ccc(C(F)(F)F)cc2)cc1. The number of nitro benzene ring substituents is 1. The lowest BCUT2D eigenvalue weighted by molar-refractivity contribution is -0.384. The van der Waals surface area contributed by atoms with Crippen LogP contribution in [0.4, 0.5) is 24.5 Å². The number of anilines is 1. The zero-order chi connectivity index (χ0) is 28.2. The molecule has 1 aliphatic rings. The molecule has 0 bridgehead atoms. The molecule has 0 radical (unpaired) electrons. The van der Waals surface area contributed by atoms with Crippen LogP contribution in [0.3, 0.4) is 0 Å². The number of halogens is 3. The van der Waals surface area contributed by atoms with Crippen LogP contribution in [-0.4, -0.2) is 65.6 Å². The minimum atomic E-state index is -4.43. The summed E-state index contributed by atoms with van der Waals surface area (Å²) in [6.45, 7) is 1.02. The molecule has 0 spiro atoms. The number of nitrogens with one attached hydrogen (secondary N) is 1. The van der Waals surface area contributed by atoms with Crippen LogP contribution >= 0.6 is 0 Å². The Balaban J connectivity index is 1.33. The van der Waals surface area contributed by atoms with Gasteiger partial charge in [0, 0.05) is 49.6 Å². The van der Waals surface area contributed by atoms with Crippen LogP contribution in [-0.2, 0) is 11.0 Å². The summed E-state index contributed by atoms with van der Waals surface area (Å²) in [5.74, 6) is -1.01. The number of nitrogens with zero attached hydrogens (tertiary/aromatic N) is 3. The second-order valence-corrected chi connectivity index (χ2v) is 8.95. The highest BCUT2D eigenvalue weighted by Crippen LogP contribution is 2.31. The lowest BCUT2D eigenvalue weighted by atomic mass is 10.0. The van der Waals surface area contributed by atoms with Gasteiger partial charge in [0.05, 0.1) is 17.1 Å². The molecule has 1 aliphatic heterocycles. The van der Waals surface area contributed by atoms with E-state index in [0.29, 0.717) is 37.3 Å². The van der Waals surface area contributed by atoms with Gasteiger partial charge in [0.25, 0.3) is 11.6 Å². The minimum Gasteiger partial charge on any atom is -0.394 e. The third-order valence-corrected chi connectivity index (χ3v) is 6.50. The molecule has 0 saturated carbocycles. The maximum Gasteiger partial charge on any atom is 0.416 e. The smallest absolute Gasteiger partial charge is 0.394 e. The molecule has 9 nitrogen and oxygen atoms in total. The van der Waals surface area contributed by atoms with E-state index in [1.807, 2.05) is 4.90 Å². The Morgan fingerprint density at radius 2 is 1.44 bits per heavy atom. The number of aliphatic hydroxyl groups excluding tert-OH is 1. The van der Waals surface area contributed by atoms with E-state index in [1.165, 1.54) is 41.3 Å². The summed E-state index contributed by atoms with van der Waals surface area (Å²) >= 11 is 0. The molecule has 2 amide bonds. The molecule has 0 aliphatic carbocycles. The van der Waals surface area contributed by atoms with Crippen molar-refractivity contribution < 1.29 is 32.8 Å². The second kappa shape index (κ2) is 11.5. The Bertz CT molecular complexity index is 1320. The van der Waals surface area contributed by atoms with Crippen molar-refractivity contribution in [1.29, 1.82) is 0 Å². The molecule has 1 atom stereocenters. The highest BCUT2D eigenvalue weighted by Gasteiger charge is 2.30. The quantitative estimate of drug-likeness (QED) is 0.347. The summed E-state index contributed by atoms with van der Waals surface area (Å²) in [5.41, 5.74) is 1.41. The number of hydrogen-bond acceptors (Lipinski definition) is 6. The second-order valence-electron chi connectivity index (χ2n) is 8.95. The van der Waals surface area contributed by atoms with E-state index in [-0.39, 0.29) is 11.3 Å². The highest BCUT2D eigenvalue weighted by atomic mass is 19.4. The third kappa shape index (κ3) is 6.52. The number of nitro groups is 1. The fourth-order valence-corrected chi connectivity index (χ4v) is 4.28. The van der Waals surface area contributed by atoms with Crippen molar-refractivity contribution in [3.8, 4) is 11.1 Å². The number of amides is 2. The Hall–Kier alpha value is -4.45. The van der Waals surface area contributed by atoms with Gasteiger partial charge in [-0.05, 0) is 47.5 Å². The molecule has 39 heavy (non-hydrogen) atoms. The molecule has 1 saturated heterocycles. The number of benzene rings is 3. The van der Waals surface area contributed by atoms with Crippen LogP contribution in [0.25, 0.3) is 11.1 Å². The molecule has 3 aromatic rings. The fraction of sp³-hybridized carbons (Fsp3) is 0.259. The van der Waals surface area contributed by atoms with Crippen molar-refractivity contribution in [1.82, 2.24) is 10.2 Å². The summed E-state index contributed by atoms with van der Waals surface area (Å²) in [7, 11) is 0. The van der Waals surface area contributed by atoms with Crippen LogP contribution in [0, 0.1) is 10.1 Å². The molecule has 3 aromatic carbocycles. The molecular weight excluding hydrogens is 517 g/mol.